The molecule has 94 valence electrons. The molecule has 0 fully saturated rings. The van der Waals surface area contributed by atoms with Gasteiger partial charge in [-0.25, -0.2) is 4.79 Å². The van der Waals surface area contributed by atoms with Gasteiger partial charge in [0, 0.05) is 16.8 Å². The summed E-state index contributed by atoms with van der Waals surface area (Å²) in [6, 6.07) is 3.96. The maximum Gasteiger partial charge on any atom is 0.396 e. The summed E-state index contributed by atoms with van der Waals surface area (Å²) in [6.07, 6.45) is 0. The van der Waals surface area contributed by atoms with Crippen LogP contribution in [0.3, 0.4) is 0 Å². The molecule has 0 saturated carbocycles. The molecule has 0 aliphatic rings. The van der Waals surface area contributed by atoms with Gasteiger partial charge < -0.3 is 10.1 Å². The molecule has 4 nitrogen and oxygen atoms in total. The molecule has 0 spiro atoms. The van der Waals surface area contributed by atoms with Crippen molar-refractivity contribution in [2.24, 2.45) is 0 Å². The molecule has 0 bridgehead atoms. The Bertz CT molecular complexity index is 428. The Morgan fingerprint density at radius 3 is 2.59 bits per heavy atom. The molecule has 1 N–H and O–H groups in total. The number of halogens is 1. The van der Waals surface area contributed by atoms with E-state index in [1.807, 2.05) is 26.0 Å². The number of hydrogen-bond acceptors (Lipinski definition) is 4. The SMILES string of the molecule is COC(=O)C(=O)NCC(C)(C)c1ccc(Br)s1. The molecular formula is C11H14BrNO3S. The van der Waals surface area contributed by atoms with Crippen LogP contribution in [0.5, 0.6) is 0 Å². The van der Waals surface area contributed by atoms with Crippen LogP contribution in [0.1, 0.15) is 18.7 Å². The second-order valence-electron chi connectivity index (χ2n) is 4.16. The first kappa shape index (κ1) is 14.2. The highest BCUT2D eigenvalue weighted by Gasteiger charge is 2.25. The van der Waals surface area contributed by atoms with Crippen molar-refractivity contribution in [3.63, 3.8) is 0 Å². The number of hydrogen-bond donors (Lipinski definition) is 1. The first-order chi connectivity index (χ1) is 7.86. The lowest BCUT2D eigenvalue weighted by Gasteiger charge is -2.23. The summed E-state index contributed by atoms with van der Waals surface area (Å²) in [5.41, 5.74) is -0.222. The van der Waals surface area contributed by atoms with Crippen molar-refractivity contribution in [3.8, 4) is 0 Å². The van der Waals surface area contributed by atoms with E-state index in [0.29, 0.717) is 6.54 Å². The highest BCUT2D eigenvalue weighted by molar-refractivity contribution is 9.11. The van der Waals surface area contributed by atoms with Crippen molar-refractivity contribution in [2.45, 2.75) is 19.3 Å². The third-order valence-corrected chi connectivity index (χ3v) is 4.29. The molecule has 0 aliphatic carbocycles. The Kier molecular flexibility index (Phi) is 4.70. The molecule has 0 aliphatic heterocycles. The minimum atomic E-state index is -0.867. The lowest BCUT2D eigenvalue weighted by molar-refractivity contribution is -0.152. The van der Waals surface area contributed by atoms with Crippen LogP contribution in [0, 0.1) is 0 Å². The van der Waals surface area contributed by atoms with Crippen LogP contribution in [0.15, 0.2) is 15.9 Å². The number of esters is 1. The Labute approximate surface area is 112 Å². The fraction of sp³-hybridized carbons (Fsp3) is 0.455. The molecule has 6 heteroatoms. The fourth-order valence-electron chi connectivity index (χ4n) is 1.23. The van der Waals surface area contributed by atoms with Crippen LogP contribution < -0.4 is 5.32 Å². The highest BCUT2D eigenvalue weighted by atomic mass is 79.9. The normalized spacial score (nSPS) is 11.1. The van der Waals surface area contributed by atoms with E-state index in [2.05, 4.69) is 26.0 Å². The van der Waals surface area contributed by atoms with Crippen LogP contribution >= 0.6 is 27.3 Å². The summed E-state index contributed by atoms with van der Waals surface area (Å²) in [5.74, 6) is -1.58. The van der Waals surface area contributed by atoms with Crippen molar-refractivity contribution < 1.29 is 14.3 Å². The number of nitrogens with one attached hydrogen (secondary N) is 1. The van der Waals surface area contributed by atoms with Gasteiger partial charge in [-0.2, -0.15) is 0 Å². The lowest BCUT2D eigenvalue weighted by Crippen LogP contribution is -2.40. The van der Waals surface area contributed by atoms with E-state index in [1.54, 1.807) is 11.3 Å². The van der Waals surface area contributed by atoms with E-state index in [1.165, 1.54) is 7.11 Å². The van der Waals surface area contributed by atoms with Crippen LogP contribution in [-0.4, -0.2) is 25.5 Å². The highest BCUT2D eigenvalue weighted by Crippen LogP contribution is 2.32. The summed E-state index contributed by atoms with van der Waals surface area (Å²) in [7, 11) is 1.18. The van der Waals surface area contributed by atoms with Gasteiger partial charge in [0.25, 0.3) is 0 Å². The van der Waals surface area contributed by atoms with E-state index < -0.39 is 11.9 Å². The largest absolute Gasteiger partial charge is 0.462 e. The molecule has 17 heavy (non-hydrogen) atoms. The number of carbonyl (C=O) groups excluding carboxylic acids is 2. The Balaban J connectivity index is 2.62. The maximum atomic E-state index is 11.3. The maximum absolute atomic E-state index is 11.3. The number of rotatable bonds is 3. The van der Waals surface area contributed by atoms with E-state index in [9.17, 15) is 9.59 Å². The zero-order valence-corrected chi connectivity index (χ0v) is 12.3. The molecular weight excluding hydrogens is 306 g/mol. The van der Waals surface area contributed by atoms with Crippen LogP contribution in [-0.2, 0) is 19.7 Å². The van der Waals surface area contributed by atoms with E-state index in [4.69, 9.17) is 0 Å². The zero-order chi connectivity index (χ0) is 13.1. The molecule has 0 atom stereocenters. The smallest absolute Gasteiger partial charge is 0.396 e. The zero-order valence-electron chi connectivity index (χ0n) is 9.87. The number of methoxy groups -OCH3 is 1. The molecule has 1 heterocycles. The lowest BCUT2D eigenvalue weighted by atomic mass is 9.91. The molecule has 0 saturated heterocycles. The number of carbonyl (C=O) groups is 2. The fourth-order valence-corrected chi connectivity index (χ4v) is 2.72. The topological polar surface area (TPSA) is 55.4 Å². The first-order valence-corrected chi connectivity index (χ1v) is 6.60. The van der Waals surface area contributed by atoms with Crippen LogP contribution in [0.4, 0.5) is 0 Å². The van der Waals surface area contributed by atoms with Crippen LogP contribution in [0.25, 0.3) is 0 Å². The van der Waals surface area contributed by atoms with Gasteiger partial charge in [0.15, 0.2) is 0 Å². The molecule has 1 aromatic heterocycles. The Hall–Kier alpha value is -0.880. The standard InChI is InChI=1S/C11H14BrNO3S/c1-11(2,7-4-5-8(12)17-7)6-13-9(14)10(15)16-3/h4-5H,6H2,1-3H3,(H,13,14). The van der Waals surface area contributed by atoms with Gasteiger partial charge in [0.05, 0.1) is 10.9 Å². The van der Waals surface area contributed by atoms with Crippen molar-refractivity contribution in [1.82, 2.24) is 5.32 Å². The van der Waals surface area contributed by atoms with E-state index in [-0.39, 0.29) is 5.41 Å². The van der Waals surface area contributed by atoms with Crippen molar-refractivity contribution >= 4 is 39.1 Å². The van der Waals surface area contributed by atoms with Crippen molar-refractivity contribution in [1.29, 1.82) is 0 Å². The third kappa shape index (κ3) is 3.81. The number of ether oxygens (including phenoxy) is 1. The average Bonchev–Trinajstić information content (AvgIpc) is 2.72. The molecule has 1 aromatic rings. The van der Waals surface area contributed by atoms with Crippen LogP contribution in [0.2, 0.25) is 0 Å². The summed E-state index contributed by atoms with van der Waals surface area (Å²) in [6.45, 7) is 4.39. The van der Waals surface area contributed by atoms with Crippen molar-refractivity contribution in [3.05, 3.63) is 20.8 Å². The summed E-state index contributed by atoms with van der Waals surface area (Å²) in [5, 5.41) is 2.56. The Morgan fingerprint density at radius 1 is 1.47 bits per heavy atom. The molecule has 1 amide bonds. The molecule has 0 aromatic carbocycles. The Morgan fingerprint density at radius 2 is 2.12 bits per heavy atom. The van der Waals surface area contributed by atoms with E-state index >= 15 is 0 Å². The summed E-state index contributed by atoms with van der Waals surface area (Å²) in [4.78, 5) is 23.3. The average molecular weight is 320 g/mol. The number of amides is 1. The summed E-state index contributed by atoms with van der Waals surface area (Å²) >= 11 is 5.01. The van der Waals surface area contributed by atoms with Gasteiger partial charge in [-0.05, 0) is 28.1 Å². The quantitative estimate of drug-likeness (QED) is 0.685. The van der Waals surface area contributed by atoms with Gasteiger partial charge >= 0.3 is 11.9 Å². The van der Waals surface area contributed by atoms with E-state index in [0.717, 1.165) is 8.66 Å². The van der Waals surface area contributed by atoms with Crippen molar-refractivity contribution in [2.75, 3.05) is 13.7 Å². The summed E-state index contributed by atoms with van der Waals surface area (Å²) < 4.78 is 5.37. The van der Waals surface area contributed by atoms with Gasteiger partial charge in [-0.3, -0.25) is 4.79 Å². The first-order valence-electron chi connectivity index (χ1n) is 4.99. The molecule has 0 radical (unpaired) electrons. The number of thiophene rings is 1. The predicted octanol–water partition coefficient (Wildman–Crippen LogP) is 2.08. The molecule has 1 rings (SSSR count). The second kappa shape index (κ2) is 5.64. The van der Waals surface area contributed by atoms with Gasteiger partial charge in [-0.1, -0.05) is 13.8 Å². The van der Waals surface area contributed by atoms with Gasteiger partial charge in [-0.15, -0.1) is 11.3 Å². The minimum Gasteiger partial charge on any atom is -0.462 e. The monoisotopic (exact) mass is 319 g/mol. The molecule has 0 unspecified atom stereocenters. The minimum absolute atomic E-state index is 0.222. The third-order valence-electron chi connectivity index (χ3n) is 2.30. The van der Waals surface area contributed by atoms with Gasteiger partial charge in [0.2, 0.25) is 0 Å². The second-order valence-corrected chi connectivity index (χ2v) is 6.62. The van der Waals surface area contributed by atoms with Gasteiger partial charge in [0.1, 0.15) is 0 Å². The predicted molar refractivity (Wildman–Crippen MR) is 70.1 cm³/mol.